The van der Waals surface area contributed by atoms with Gasteiger partial charge in [0, 0.05) is 11.6 Å². The quantitative estimate of drug-likeness (QED) is 0.435. The molecule has 4 rings (SSSR count). The van der Waals surface area contributed by atoms with Crippen molar-refractivity contribution in [1.29, 1.82) is 0 Å². The molecule has 0 atom stereocenters. The van der Waals surface area contributed by atoms with Gasteiger partial charge in [-0.25, -0.2) is 17.2 Å². The van der Waals surface area contributed by atoms with Crippen molar-refractivity contribution >= 4 is 26.9 Å². The third-order valence-corrected chi connectivity index (χ3v) is 6.38. The van der Waals surface area contributed by atoms with E-state index in [1.54, 1.807) is 36.4 Å². The Morgan fingerprint density at radius 1 is 0.933 bits per heavy atom. The van der Waals surface area contributed by atoms with E-state index in [0.29, 0.717) is 23.3 Å². The summed E-state index contributed by atoms with van der Waals surface area (Å²) in [4.78, 5) is 12.5. The molecule has 0 saturated carbocycles. The summed E-state index contributed by atoms with van der Waals surface area (Å²) in [6, 6.07) is 22.7. The second-order valence-electron chi connectivity index (χ2n) is 6.60. The average molecular weight is 421 g/mol. The molecule has 6 nitrogen and oxygen atoms in total. The molecule has 0 amide bonds. The molecule has 3 aromatic carbocycles. The number of methoxy groups -OCH3 is 1. The van der Waals surface area contributed by atoms with Gasteiger partial charge >= 0.3 is 5.97 Å². The summed E-state index contributed by atoms with van der Waals surface area (Å²) in [6.07, 6.45) is 1.29. The van der Waals surface area contributed by atoms with E-state index in [9.17, 15) is 13.2 Å². The van der Waals surface area contributed by atoms with Crippen LogP contribution in [0.25, 0.3) is 10.9 Å². The van der Waals surface area contributed by atoms with Crippen molar-refractivity contribution in [2.24, 2.45) is 0 Å². The largest absolute Gasteiger partial charge is 0.489 e. The Balaban J connectivity index is 1.79. The van der Waals surface area contributed by atoms with Gasteiger partial charge in [-0.05, 0) is 35.9 Å². The normalized spacial score (nSPS) is 11.4. The molecule has 0 fully saturated rings. The van der Waals surface area contributed by atoms with Crippen LogP contribution in [0.2, 0.25) is 0 Å². The standard InChI is InChI=1S/C23H19NO5S/c1-28-23(25)21-15-24(30(26,27)19-10-6-3-7-11-19)22-13-12-18(14-20(21)22)29-16-17-8-4-2-5-9-17/h2-15H,16H2,1H3. The number of ether oxygens (including phenoxy) is 2. The Morgan fingerprint density at radius 2 is 1.60 bits per heavy atom. The summed E-state index contributed by atoms with van der Waals surface area (Å²) >= 11 is 0. The van der Waals surface area contributed by atoms with Crippen LogP contribution in [0.1, 0.15) is 15.9 Å². The summed E-state index contributed by atoms with van der Waals surface area (Å²) in [5.41, 5.74) is 1.51. The topological polar surface area (TPSA) is 74.6 Å². The van der Waals surface area contributed by atoms with Gasteiger partial charge in [0.05, 0.1) is 23.1 Å². The number of carbonyl (C=O) groups excluding carboxylic acids is 1. The minimum atomic E-state index is -3.89. The SMILES string of the molecule is COC(=O)c1cn(S(=O)(=O)c2ccccc2)c2ccc(OCc3ccccc3)cc12. The molecule has 7 heteroatoms. The van der Waals surface area contributed by atoms with Gasteiger partial charge in [0.1, 0.15) is 12.4 Å². The average Bonchev–Trinajstić information content (AvgIpc) is 3.18. The molecule has 0 radical (unpaired) electrons. The fourth-order valence-corrected chi connectivity index (χ4v) is 4.58. The first kappa shape index (κ1) is 19.7. The molecule has 0 spiro atoms. The predicted molar refractivity (Wildman–Crippen MR) is 113 cm³/mol. The Labute approximate surface area is 174 Å². The lowest BCUT2D eigenvalue weighted by atomic mass is 10.1. The highest BCUT2D eigenvalue weighted by molar-refractivity contribution is 7.90. The molecule has 0 N–H and O–H groups in total. The molecule has 0 aliphatic heterocycles. The van der Waals surface area contributed by atoms with Crippen molar-refractivity contribution in [3.8, 4) is 5.75 Å². The maximum atomic E-state index is 13.1. The molecule has 0 unspecified atom stereocenters. The van der Waals surface area contributed by atoms with Gasteiger partial charge in [-0.1, -0.05) is 48.5 Å². The smallest absolute Gasteiger partial charge is 0.340 e. The van der Waals surface area contributed by atoms with E-state index >= 15 is 0 Å². The number of esters is 1. The number of hydrogen-bond donors (Lipinski definition) is 0. The van der Waals surface area contributed by atoms with Crippen molar-refractivity contribution in [1.82, 2.24) is 3.97 Å². The van der Waals surface area contributed by atoms with Gasteiger partial charge in [0.15, 0.2) is 0 Å². The first-order chi connectivity index (χ1) is 14.5. The van der Waals surface area contributed by atoms with Crippen LogP contribution in [0.15, 0.2) is 90.0 Å². The van der Waals surface area contributed by atoms with Crippen LogP contribution in [0.5, 0.6) is 5.75 Å². The molecule has 4 aromatic rings. The molecule has 30 heavy (non-hydrogen) atoms. The first-order valence-corrected chi connectivity index (χ1v) is 10.7. The molecule has 0 saturated heterocycles. The zero-order valence-corrected chi connectivity index (χ0v) is 17.0. The maximum Gasteiger partial charge on any atom is 0.340 e. The van der Waals surface area contributed by atoms with Crippen LogP contribution in [-0.2, 0) is 21.4 Å². The van der Waals surface area contributed by atoms with Crippen LogP contribution in [0.4, 0.5) is 0 Å². The number of carbonyl (C=O) groups is 1. The van der Waals surface area contributed by atoms with Gasteiger partial charge < -0.3 is 9.47 Å². The lowest BCUT2D eigenvalue weighted by Gasteiger charge is -2.09. The molecular weight excluding hydrogens is 402 g/mol. The zero-order chi connectivity index (χ0) is 21.1. The Bertz CT molecular complexity index is 1300. The number of nitrogens with zero attached hydrogens (tertiary/aromatic N) is 1. The Hall–Kier alpha value is -3.58. The minimum absolute atomic E-state index is 0.128. The van der Waals surface area contributed by atoms with Gasteiger partial charge in [-0.15, -0.1) is 0 Å². The van der Waals surface area contributed by atoms with Crippen molar-refractivity contribution in [3.05, 3.63) is 96.2 Å². The van der Waals surface area contributed by atoms with Gasteiger partial charge in [-0.3, -0.25) is 0 Å². The summed E-state index contributed by atoms with van der Waals surface area (Å²) in [7, 11) is -2.63. The van der Waals surface area contributed by atoms with Crippen molar-refractivity contribution in [2.75, 3.05) is 7.11 Å². The predicted octanol–water partition coefficient (Wildman–Crippen LogP) is 4.24. The third-order valence-electron chi connectivity index (χ3n) is 4.70. The van der Waals surface area contributed by atoms with Crippen molar-refractivity contribution < 1.29 is 22.7 Å². The molecule has 0 bridgehead atoms. The summed E-state index contributed by atoms with van der Waals surface area (Å²) in [5.74, 6) is -0.103. The van der Waals surface area contributed by atoms with Crippen LogP contribution < -0.4 is 4.74 Å². The minimum Gasteiger partial charge on any atom is -0.489 e. The van der Waals surface area contributed by atoms with Crippen LogP contribution in [0.3, 0.4) is 0 Å². The zero-order valence-electron chi connectivity index (χ0n) is 16.2. The number of rotatable bonds is 6. The van der Waals surface area contributed by atoms with E-state index in [2.05, 4.69) is 0 Å². The number of hydrogen-bond acceptors (Lipinski definition) is 5. The highest BCUT2D eigenvalue weighted by Gasteiger charge is 2.24. The van der Waals surface area contributed by atoms with E-state index in [-0.39, 0.29) is 10.5 Å². The highest BCUT2D eigenvalue weighted by Crippen LogP contribution is 2.30. The fraction of sp³-hybridized carbons (Fsp3) is 0.0870. The van der Waals surface area contributed by atoms with E-state index in [4.69, 9.17) is 9.47 Å². The number of fused-ring (bicyclic) bond motifs is 1. The van der Waals surface area contributed by atoms with E-state index in [1.807, 2.05) is 30.3 Å². The Kier molecular flexibility index (Phi) is 5.29. The van der Waals surface area contributed by atoms with E-state index in [0.717, 1.165) is 9.54 Å². The van der Waals surface area contributed by atoms with Gasteiger partial charge in [-0.2, -0.15) is 0 Å². The molecule has 1 heterocycles. The fourth-order valence-electron chi connectivity index (χ4n) is 3.19. The number of benzene rings is 3. The molecule has 152 valence electrons. The molecule has 0 aliphatic carbocycles. The molecule has 0 aliphatic rings. The summed E-state index contributed by atoms with van der Waals surface area (Å²) in [6.45, 7) is 0.350. The lowest BCUT2D eigenvalue weighted by molar-refractivity contribution is 0.0603. The second kappa shape index (κ2) is 8.04. The van der Waals surface area contributed by atoms with Crippen molar-refractivity contribution in [3.63, 3.8) is 0 Å². The van der Waals surface area contributed by atoms with E-state index < -0.39 is 16.0 Å². The van der Waals surface area contributed by atoms with Gasteiger partial charge in [0.25, 0.3) is 10.0 Å². The summed E-state index contributed by atoms with van der Waals surface area (Å²) in [5, 5.41) is 0.437. The summed E-state index contributed by atoms with van der Waals surface area (Å²) < 4.78 is 38.1. The molecule has 1 aromatic heterocycles. The first-order valence-electron chi connectivity index (χ1n) is 9.21. The highest BCUT2D eigenvalue weighted by atomic mass is 32.2. The van der Waals surface area contributed by atoms with E-state index in [1.165, 1.54) is 25.4 Å². The Morgan fingerprint density at radius 3 is 2.27 bits per heavy atom. The monoisotopic (exact) mass is 421 g/mol. The maximum absolute atomic E-state index is 13.1. The van der Waals surface area contributed by atoms with Gasteiger partial charge in [0.2, 0.25) is 0 Å². The number of aromatic nitrogens is 1. The van der Waals surface area contributed by atoms with Crippen LogP contribution in [-0.4, -0.2) is 25.5 Å². The van der Waals surface area contributed by atoms with Crippen molar-refractivity contribution in [2.45, 2.75) is 11.5 Å². The lowest BCUT2D eigenvalue weighted by Crippen LogP contribution is -2.12. The van der Waals surface area contributed by atoms with Crippen LogP contribution >= 0.6 is 0 Å². The van der Waals surface area contributed by atoms with Crippen LogP contribution in [0, 0.1) is 0 Å². The third kappa shape index (κ3) is 3.67. The second-order valence-corrected chi connectivity index (χ2v) is 8.42. The molecular formula is C23H19NO5S.